The number of hydrogen-bond acceptors (Lipinski definition) is 5. The number of amidine groups is 1. The number of oxime groups is 1. The summed E-state index contributed by atoms with van der Waals surface area (Å²) in [6, 6.07) is 9.17. The summed E-state index contributed by atoms with van der Waals surface area (Å²) in [5.41, 5.74) is 6.24. The van der Waals surface area contributed by atoms with E-state index in [2.05, 4.69) is 15.4 Å². The zero-order valence-corrected chi connectivity index (χ0v) is 11.1. The van der Waals surface area contributed by atoms with Gasteiger partial charge in [-0.3, -0.25) is 9.59 Å². The van der Waals surface area contributed by atoms with Gasteiger partial charge in [0.1, 0.15) is 5.69 Å². The van der Waals surface area contributed by atoms with Crippen molar-refractivity contribution in [3.05, 3.63) is 58.0 Å². The molecule has 21 heavy (non-hydrogen) atoms. The van der Waals surface area contributed by atoms with Gasteiger partial charge in [-0.25, -0.2) is 5.10 Å². The predicted molar refractivity (Wildman–Crippen MR) is 76.5 cm³/mol. The van der Waals surface area contributed by atoms with Gasteiger partial charge < -0.3 is 15.8 Å². The predicted octanol–water partition coefficient (Wildman–Crippen LogP) is 0.141. The second-order valence-electron chi connectivity index (χ2n) is 4.21. The second-order valence-corrected chi connectivity index (χ2v) is 4.21. The highest BCUT2D eigenvalue weighted by atomic mass is 16.4. The number of carbonyl (C=O) groups is 1. The molecule has 0 unspecified atom stereocenters. The Morgan fingerprint density at radius 2 is 2.14 bits per heavy atom. The molecule has 4 N–H and O–H groups in total. The summed E-state index contributed by atoms with van der Waals surface area (Å²) < 4.78 is 0. The van der Waals surface area contributed by atoms with Gasteiger partial charge in [-0.1, -0.05) is 17.3 Å². The minimum absolute atomic E-state index is 0.0557. The SMILES string of the molecule is CN(C(=O)c1ccc(=O)[nH]n1)c1cccc(/C(N)=N/O)c1. The van der Waals surface area contributed by atoms with E-state index in [0.717, 1.165) is 0 Å². The molecule has 0 aliphatic carbocycles. The molecule has 1 aromatic carbocycles. The minimum Gasteiger partial charge on any atom is -0.409 e. The van der Waals surface area contributed by atoms with E-state index >= 15 is 0 Å². The van der Waals surface area contributed by atoms with Gasteiger partial charge in [-0.15, -0.1) is 0 Å². The zero-order valence-electron chi connectivity index (χ0n) is 11.1. The third-order valence-electron chi connectivity index (χ3n) is 2.84. The molecule has 2 aromatic rings. The van der Waals surface area contributed by atoms with Gasteiger partial charge >= 0.3 is 0 Å². The highest BCUT2D eigenvalue weighted by molar-refractivity contribution is 6.05. The third-order valence-corrected chi connectivity index (χ3v) is 2.84. The molecule has 0 spiro atoms. The van der Waals surface area contributed by atoms with Crippen LogP contribution in [0.15, 0.2) is 46.3 Å². The van der Waals surface area contributed by atoms with E-state index in [1.54, 1.807) is 31.3 Å². The maximum atomic E-state index is 12.2. The summed E-state index contributed by atoms with van der Waals surface area (Å²) in [6.45, 7) is 0. The normalized spacial score (nSPS) is 11.2. The Morgan fingerprint density at radius 1 is 1.38 bits per heavy atom. The number of carbonyl (C=O) groups excluding carboxylic acids is 1. The molecule has 0 radical (unpaired) electrons. The number of aromatic nitrogens is 2. The quantitative estimate of drug-likeness (QED) is 0.320. The lowest BCUT2D eigenvalue weighted by Gasteiger charge is -2.17. The topological polar surface area (TPSA) is 125 Å². The van der Waals surface area contributed by atoms with Crippen molar-refractivity contribution in [2.45, 2.75) is 0 Å². The van der Waals surface area contributed by atoms with Gasteiger partial charge in [0, 0.05) is 24.4 Å². The molecule has 0 aliphatic heterocycles. The van der Waals surface area contributed by atoms with E-state index < -0.39 is 5.91 Å². The first-order valence-corrected chi connectivity index (χ1v) is 5.94. The third kappa shape index (κ3) is 3.06. The number of anilines is 1. The molecule has 108 valence electrons. The van der Waals surface area contributed by atoms with E-state index in [9.17, 15) is 9.59 Å². The number of nitrogens with two attached hydrogens (primary N) is 1. The van der Waals surface area contributed by atoms with Crippen molar-refractivity contribution in [2.75, 3.05) is 11.9 Å². The van der Waals surface area contributed by atoms with Crippen molar-refractivity contribution in [3.8, 4) is 0 Å². The molecule has 0 saturated heterocycles. The maximum absolute atomic E-state index is 12.2. The van der Waals surface area contributed by atoms with E-state index in [1.807, 2.05) is 0 Å². The highest BCUT2D eigenvalue weighted by Gasteiger charge is 2.15. The fourth-order valence-corrected chi connectivity index (χ4v) is 1.68. The molecule has 8 nitrogen and oxygen atoms in total. The maximum Gasteiger partial charge on any atom is 0.278 e. The second kappa shape index (κ2) is 5.87. The van der Waals surface area contributed by atoms with Gasteiger partial charge in [0.25, 0.3) is 11.5 Å². The Morgan fingerprint density at radius 3 is 2.76 bits per heavy atom. The molecule has 1 amide bonds. The van der Waals surface area contributed by atoms with Crippen molar-refractivity contribution in [2.24, 2.45) is 10.9 Å². The van der Waals surface area contributed by atoms with Crippen LogP contribution in [0.25, 0.3) is 0 Å². The Labute approximate surface area is 119 Å². The molecule has 0 atom stereocenters. The molecular weight excluding hydrogens is 274 g/mol. The van der Waals surface area contributed by atoms with Crippen LogP contribution >= 0.6 is 0 Å². The largest absolute Gasteiger partial charge is 0.409 e. The molecule has 2 rings (SSSR count). The number of rotatable bonds is 3. The molecule has 1 aromatic heterocycles. The molecule has 0 saturated carbocycles. The van der Waals surface area contributed by atoms with Crippen LogP contribution < -0.4 is 16.2 Å². The lowest BCUT2D eigenvalue weighted by atomic mass is 10.1. The molecule has 1 heterocycles. The smallest absolute Gasteiger partial charge is 0.278 e. The van der Waals surface area contributed by atoms with E-state index in [4.69, 9.17) is 10.9 Å². The minimum atomic E-state index is -0.400. The van der Waals surface area contributed by atoms with Crippen LogP contribution in [-0.2, 0) is 0 Å². The van der Waals surface area contributed by atoms with Crippen LogP contribution in [0.4, 0.5) is 5.69 Å². The van der Waals surface area contributed by atoms with E-state index in [0.29, 0.717) is 11.3 Å². The first kappa shape index (κ1) is 14.3. The van der Waals surface area contributed by atoms with Gasteiger partial charge in [0.2, 0.25) is 0 Å². The standard InChI is InChI=1S/C13H13N5O3/c1-18(13(20)10-5-6-11(19)16-15-10)9-4-2-3-8(7-9)12(14)17-21/h2-7,21H,1H3,(H2,14,17)(H,16,19). The molecule has 8 heteroatoms. The van der Waals surface area contributed by atoms with Gasteiger partial charge in [0.15, 0.2) is 5.84 Å². The number of amides is 1. The van der Waals surface area contributed by atoms with Crippen molar-refractivity contribution < 1.29 is 10.0 Å². The number of benzene rings is 1. The summed E-state index contributed by atoms with van der Waals surface area (Å²) >= 11 is 0. The number of hydrogen-bond donors (Lipinski definition) is 3. The molecular formula is C13H13N5O3. The Hall–Kier alpha value is -3.16. The van der Waals surface area contributed by atoms with Crippen molar-refractivity contribution >= 4 is 17.4 Å². The van der Waals surface area contributed by atoms with Crippen molar-refractivity contribution in [3.63, 3.8) is 0 Å². The van der Waals surface area contributed by atoms with Crippen molar-refractivity contribution in [1.29, 1.82) is 0 Å². The summed E-state index contributed by atoms with van der Waals surface area (Å²) in [5.74, 6) is -0.456. The van der Waals surface area contributed by atoms with Crippen LogP contribution in [0.5, 0.6) is 0 Å². The average Bonchev–Trinajstić information content (AvgIpc) is 2.53. The Bertz CT molecular complexity index is 733. The molecule has 0 bridgehead atoms. The summed E-state index contributed by atoms with van der Waals surface area (Å²) in [5, 5.41) is 17.5. The number of nitrogens with zero attached hydrogens (tertiary/aromatic N) is 3. The lowest BCUT2D eigenvalue weighted by Crippen LogP contribution is -2.28. The average molecular weight is 287 g/mol. The van der Waals surface area contributed by atoms with Gasteiger partial charge in [0.05, 0.1) is 0 Å². The van der Waals surface area contributed by atoms with Crippen LogP contribution in [0, 0.1) is 0 Å². The van der Waals surface area contributed by atoms with Gasteiger partial charge in [-0.05, 0) is 18.2 Å². The molecule has 0 aliphatic rings. The zero-order chi connectivity index (χ0) is 15.4. The summed E-state index contributed by atoms with van der Waals surface area (Å²) in [4.78, 5) is 24.5. The van der Waals surface area contributed by atoms with Crippen LogP contribution in [0.3, 0.4) is 0 Å². The number of aromatic amines is 1. The monoisotopic (exact) mass is 287 g/mol. The fraction of sp³-hybridized carbons (Fsp3) is 0.0769. The van der Waals surface area contributed by atoms with E-state index in [-0.39, 0.29) is 17.1 Å². The van der Waals surface area contributed by atoms with E-state index in [1.165, 1.54) is 17.0 Å². The summed E-state index contributed by atoms with van der Waals surface area (Å²) in [6.07, 6.45) is 0. The number of H-pyrrole nitrogens is 1. The molecule has 0 fully saturated rings. The van der Waals surface area contributed by atoms with Gasteiger partial charge in [-0.2, -0.15) is 5.10 Å². The lowest BCUT2D eigenvalue weighted by molar-refractivity contribution is 0.0987. The van der Waals surface area contributed by atoms with Crippen LogP contribution in [-0.4, -0.2) is 34.2 Å². The van der Waals surface area contributed by atoms with Crippen LogP contribution in [0.1, 0.15) is 16.1 Å². The van der Waals surface area contributed by atoms with Crippen LogP contribution in [0.2, 0.25) is 0 Å². The Balaban J connectivity index is 2.31. The highest BCUT2D eigenvalue weighted by Crippen LogP contribution is 2.16. The fourth-order valence-electron chi connectivity index (χ4n) is 1.68. The number of nitrogens with one attached hydrogen (secondary N) is 1. The first-order valence-electron chi connectivity index (χ1n) is 5.94. The first-order chi connectivity index (χ1) is 10.0. The van der Waals surface area contributed by atoms with Crippen molar-refractivity contribution in [1.82, 2.24) is 10.2 Å². The summed E-state index contributed by atoms with van der Waals surface area (Å²) in [7, 11) is 1.56. The Kier molecular flexibility index (Phi) is 3.98.